The van der Waals surface area contributed by atoms with Crippen LogP contribution < -0.4 is 4.74 Å². The van der Waals surface area contributed by atoms with E-state index in [1.165, 1.54) is 19.3 Å². The largest absolute Gasteiger partial charge is 0.415 e. The molecule has 2 bridgehead atoms. The molecule has 21 heavy (non-hydrogen) atoms. The minimum absolute atomic E-state index is 0. The fraction of sp³-hybridized carbons (Fsp3) is 0.533. The smallest absolute Gasteiger partial charge is 0.410 e. The SMILES string of the molecule is CN1C2CCCC1CN(C(=O)Oc1ccc(Br)cc1)C2.Cl. The summed E-state index contributed by atoms with van der Waals surface area (Å²) < 4.78 is 6.44. The molecule has 0 aliphatic carbocycles. The van der Waals surface area contributed by atoms with Gasteiger partial charge in [0.1, 0.15) is 5.75 Å². The number of fused-ring (bicyclic) bond motifs is 2. The first-order chi connectivity index (χ1) is 9.63. The van der Waals surface area contributed by atoms with E-state index in [9.17, 15) is 4.79 Å². The van der Waals surface area contributed by atoms with Gasteiger partial charge in [0.25, 0.3) is 0 Å². The summed E-state index contributed by atoms with van der Waals surface area (Å²) in [5.74, 6) is 0.599. The van der Waals surface area contributed by atoms with Crippen molar-refractivity contribution < 1.29 is 9.53 Å². The van der Waals surface area contributed by atoms with Crippen LogP contribution in [-0.4, -0.2) is 48.1 Å². The first kappa shape index (κ1) is 16.6. The molecular formula is C15H20BrClN2O2. The summed E-state index contributed by atoms with van der Waals surface area (Å²) in [4.78, 5) is 16.5. The Bertz CT molecular complexity index is 483. The van der Waals surface area contributed by atoms with E-state index in [2.05, 4.69) is 27.9 Å². The number of carbonyl (C=O) groups is 1. The van der Waals surface area contributed by atoms with Crippen molar-refractivity contribution in [2.45, 2.75) is 31.3 Å². The van der Waals surface area contributed by atoms with Crippen molar-refractivity contribution in [2.75, 3.05) is 20.1 Å². The zero-order chi connectivity index (χ0) is 14.1. The second kappa shape index (κ2) is 6.99. The Morgan fingerprint density at radius 3 is 2.33 bits per heavy atom. The highest BCUT2D eigenvalue weighted by molar-refractivity contribution is 9.10. The normalized spacial score (nSPS) is 25.1. The molecular weight excluding hydrogens is 356 g/mol. The topological polar surface area (TPSA) is 32.8 Å². The van der Waals surface area contributed by atoms with Gasteiger partial charge < -0.3 is 9.64 Å². The number of hydrogen-bond acceptors (Lipinski definition) is 3. The van der Waals surface area contributed by atoms with Gasteiger partial charge >= 0.3 is 6.09 Å². The molecule has 2 saturated heterocycles. The van der Waals surface area contributed by atoms with Crippen LogP contribution in [-0.2, 0) is 0 Å². The highest BCUT2D eigenvalue weighted by atomic mass is 79.9. The van der Waals surface area contributed by atoms with Gasteiger partial charge in [0.2, 0.25) is 0 Å². The molecule has 2 fully saturated rings. The van der Waals surface area contributed by atoms with Crippen LogP contribution in [0.3, 0.4) is 0 Å². The third-order valence-corrected chi connectivity index (χ3v) is 4.89. The number of carbonyl (C=O) groups excluding carboxylic acids is 1. The van der Waals surface area contributed by atoms with Crippen molar-refractivity contribution in [2.24, 2.45) is 0 Å². The molecule has 1 amide bonds. The van der Waals surface area contributed by atoms with Crippen molar-refractivity contribution in [3.8, 4) is 5.75 Å². The van der Waals surface area contributed by atoms with Crippen LogP contribution in [0.4, 0.5) is 4.79 Å². The molecule has 6 heteroatoms. The Kier molecular flexibility index (Phi) is 5.52. The second-order valence-electron chi connectivity index (χ2n) is 5.63. The monoisotopic (exact) mass is 374 g/mol. The van der Waals surface area contributed by atoms with Crippen molar-refractivity contribution in [1.82, 2.24) is 9.80 Å². The van der Waals surface area contributed by atoms with Crippen LogP contribution in [0.1, 0.15) is 19.3 Å². The molecule has 2 heterocycles. The maximum atomic E-state index is 12.3. The van der Waals surface area contributed by atoms with E-state index in [0.717, 1.165) is 17.6 Å². The van der Waals surface area contributed by atoms with Gasteiger partial charge in [-0.25, -0.2) is 4.79 Å². The van der Waals surface area contributed by atoms with Crippen LogP contribution >= 0.6 is 28.3 Å². The Morgan fingerprint density at radius 2 is 1.76 bits per heavy atom. The Labute approximate surface area is 140 Å². The Hall–Kier alpha value is -0.780. The molecule has 0 saturated carbocycles. The van der Waals surface area contributed by atoms with E-state index in [0.29, 0.717) is 17.8 Å². The lowest BCUT2D eigenvalue weighted by molar-refractivity contribution is 0.0168. The third kappa shape index (κ3) is 3.71. The number of ether oxygens (including phenoxy) is 1. The van der Waals surface area contributed by atoms with Gasteiger partial charge in [-0.05, 0) is 44.2 Å². The Morgan fingerprint density at radius 1 is 1.19 bits per heavy atom. The average molecular weight is 376 g/mol. The predicted octanol–water partition coefficient (Wildman–Crippen LogP) is 3.54. The molecule has 2 atom stereocenters. The fourth-order valence-electron chi connectivity index (χ4n) is 3.14. The highest BCUT2D eigenvalue weighted by Gasteiger charge is 2.37. The number of nitrogens with zero attached hydrogens (tertiary/aromatic N) is 2. The summed E-state index contributed by atoms with van der Waals surface area (Å²) in [5, 5.41) is 0. The Balaban J connectivity index is 0.00000161. The van der Waals surface area contributed by atoms with Gasteiger partial charge in [-0.1, -0.05) is 22.4 Å². The summed E-state index contributed by atoms with van der Waals surface area (Å²) in [6.07, 6.45) is 3.40. The molecule has 1 aromatic rings. The van der Waals surface area contributed by atoms with Crippen molar-refractivity contribution >= 4 is 34.4 Å². The van der Waals surface area contributed by atoms with Gasteiger partial charge in [0.15, 0.2) is 0 Å². The zero-order valence-corrected chi connectivity index (χ0v) is 14.4. The van der Waals surface area contributed by atoms with Crippen LogP contribution in [0, 0.1) is 0 Å². The molecule has 0 radical (unpaired) electrons. The number of piperazine rings is 1. The molecule has 1 aromatic carbocycles. The number of likely N-dealkylation sites (N-methyl/N-ethyl adjacent to an activating group) is 1. The zero-order valence-electron chi connectivity index (χ0n) is 12.0. The summed E-state index contributed by atoms with van der Waals surface area (Å²) in [7, 11) is 2.17. The number of amides is 1. The summed E-state index contributed by atoms with van der Waals surface area (Å²) in [6, 6.07) is 8.33. The summed E-state index contributed by atoms with van der Waals surface area (Å²) in [6.45, 7) is 1.56. The molecule has 0 N–H and O–H groups in total. The number of hydrogen-bond donors (Lipinski definition) is 0. The van der Waals surface area contributed by atoms with Crippen LogP contribution in [0.25, 0.3) is 0 Å². The van der Waals surface area contributed by atoms with E-state index in [1.807, 2.05) is 17.0 Å². The molecule has 116 valence electrons. The fourth-order valence-corrected chi connectivity index (χ4v) is 3.40. The van der Waals surface area contributed by atoms with E-state index >= 15 is 0 Å². The molecule has 0 aromatic heterocycles. The van der Waals surface area contributed by atoms with E-state index in [4.69, 9.17) is 4.74 Å². The molecule has 2 aliphatic rings. The number of halogens is 2. The van der Waals surface area contributed by atoms with Crippen molar-refractivity contribution in [1.29, 1.82) is 0 Å². The third-order valence-electron chi connectivity index (χ3n) is 4.37. The van der Waals surface area contributed by atoms with Gasteiger partial charge in [0.05, 0.1) is 0 Å². The lowest BCUT2D eigenvalue weighted by Crippen LogP contribution is -2.60. The minimum Gasteiger partial charge on any atom is -0.410 e. The van der Waals surface area contributed by atoms with Gasteiger partial charge in [-0.15, -0.1) is 12.4 Å². The number of rotatable bonds is 1. The summed E-state index contributed by atoms with van der Waals surface area (Å²) >= 11 is 3.37. The molecule has 2 aliphatic heterocycles. The van der Waals surface area contributed by atoms with E-state index in [-0.39, 0.29) is 18.5 Å². The maximum absolute atomic E-state index is 12.3. The van der Waals surface area contributed by atoms with Crippen LogP contribution in [0.15, 0.2) is 28.7 Å². The van der Waals surface area contributed by atoms with E-state index < -0.39 is 0 Å². The number of piperidine rings is 1. The summed E-state index contributed by atoms with van der Waals surface area (Å²) in [5.41, 5.74) is 0. The maximum Gasteiger partial charge on any atom is 0.415 e. The number of benzene rings is 1. The van der Waals surface area contributed by atoms with E-state index in [1.54, 1.807) is 12.1 Å². The van der Waals surface area contributed by atoms with Crippen molar-refractivity contribution in [3.63, 3.8) is 0 Å². The van der Waals surface area contributed by atoms with Gasteiger partial charge in [-0.3, -0.25) is 4.90 Å². The quantitative estimate of drug-likeness (QED) is 0.752. The lowest BCUT2D eigenvalue weighted by atomic mass is 9.92. The average Bonchev–Trinajstić information content (AvgIpc) is 2.41. The second-order valence-corrected chi connectivity index (χ2v) is 6.55. The van der Waals surface area contributed by atoms with Gasteiger partial charge in [0, 0.05) is 29.6 Å². The minimum atomic E-state index is -0.225. The first-order valence-electron chi connectivity index (χ1n) is 7.08. The molecule has 2 unspecified atom stereocenters. The molecule has 0 spiro atoms. The molecule has 3 rings (SSSR count). The predicted molar refractivity (Wildman–Crippen MR) is 88.2 cm³/mol. The van der Waals surface area contributed by atoms with Gasteiger partial charge in [-0.2, -0.15) is 0 Å². The first-order valence-corrected chi connectivity index (χ1v) is 7.87. The van der Waals surface area contributed by atoms with Crippen LogP contribution in [0.2, 0.25) is 0 Å². The van der Waals surface area contributed by atoms with Crippen LogP contribution in [0.5, 0.6) is 5.75 Å². The lowest BCUT2D eigenvalue weighted by Gasteiger charge is -2.47. The highest BCUT2D eigenvalue weighted by Crippen LogP contribution is 2.27. The van der Waals surface area contributed by atoms with Crippen molar-refractivity contribution in [3.05, 3.63) is 28.7 Å². The molecule has 4 nitrogen and oxygen atoms in total. The standard InChI is InChI=1S/C15H19BrN2O2.ClH/c1-17-12-3-2-4-13(17)10-18(9-12)15(19)20-14-7-5-11(16)6-8-14;/h5-8,12-13H,2-4,9-10H2,1H3;1H. The number of likely N-dealkylation sites (tertiary alicyclic amines) is 1.